The summed E-state index contributed by atoms with van der Waals surface area (Å²) in [7, 11) is 0. The van der Waals surface area contributed by atoms with Crippen molar-refractivity contribution in [2.24, 2.45) is 11.8 Å². The molecule has 4 amide bonds. The molecule has 0 aliphatic heterocycles. The molecule has 0 aromatic carbocycles. The summed E-state index contributed by atoms with van der Waals surface area (Å²) < 4.78 is 10.6. The zero-order valence-corrected chi connectivity index (χ0v) is 30.6. The zero-order valence-electron chi connectivity index (χ0n) is 30.6. The van der Waals surface area contributed by atoms with E-state index in [2.05, 4.69) is 30.6 Å². The number of likely N-dealkylation sites (N-methyl/N-ethyl adjacent to an activating group) is 2. The van der Waals surface area contributed by atoms with Gasteiger partial charge in [-0.3, -0.25) is 19.2 Å². The van der Waals surface area contributed by atoms with Crippen LogP contribution >= 0.6 is 0 Å². The van der Waals surface area contributed by atoms with Gasteiger partial charge in [-0.2, -0.15) is 0 Å². The number of H-pyrrole nitrogens is 2. The summed E-state index contributed by atoms with van der Waals surface area (Å²) in [6, 6.07) is -1.87. The van der Waals surface area contributed by atoms with E-state index in [4.69, 9.17) is 9.47 Å². The number of carbonyl (C=O) groups excluding carboxylic acids is 6. The van der Waals surface area contributed by atoms with Crippen molar-refractivity contribution in [3.63, 3.8) is 0 Å². The Morgan fingerprint density at radius 2 is 1.02 bits per heavy atom. The van der Waals surface area contributed by atoms with Crippen LogP contribution in [0, 0.1) is 11.8 Å². The summed E-state index contributed by atoms with van der Waals surface area (Å²) in [6.45, 7) is 15.7. The Morgan fingerprint density at radius 1 is 0.660 bits per heavy atom. The number of aromatic nitrogens is 4. The van der Waals surface area contributed by atoms with Crippen molar-refractivity contribution in [3.05, 3.63) is 35.4 Å². The molecule has 16 nitrogen and oxygen atoms in total. The number of nitrogens with zero attached hydrogens (tertiary/aromatic N) is 4. The van der Waals surface area contributed by atoms with Crippen LogP contribution in [0.4, 0.5) is 0 Å². The van der Waals surface area contributed by atoms with Gasteiger partial charge in [-0.05, 0) is 38.5 Å². The van der Waals surface area contributed by atoms with E-state index in [9.17, 15) is 28.8 Å². The van der Waals surface area contributed by atoms with Crippen molar-refractivity contribution in [1.29, 1.82) is 0 Å². The van der Waals surface area contributed by atoms with Gasteiger partial charge >= 0.3 is 11.9 Å². The van der Waals surface area contributed by atoms with Crippen LogP contribution in [0.1, 0.15) is 123 Å². The van der Waals surface area contributed by atoms with Crippen molar-refractivity contribution in [2.75, 3.05) is 39.4 Å². The van der Waals surface area contributed by atoms with Gasteiger partial charge in [-0.1, -0.05) is 54.4 Å². The number of ether oxygens (including phenoxy) is 2. The van der Waals surface area contributed by atoms with Gasteiger partial charge in [-0.15, -0.1) is 0 Å². The van der Waals surface area contributed by atoms with Crippen LogP contribution in [-0.2, 0) is 19.1 Å². The van der Waals surface area contributed by atoms with Gasteiger partial charge in [0.2, 0.25) is 0 Å². The van der Waals surface area contributed by atoms with E-state index in [1.807, 2.05) is 13.8 Å². The van der Waals surface area contributed by atoms with Crippen LogP contribution in [0.2, 0.25) is 0 Å². The Hall–Kier alpha value is -4.76. The number of hydrogen-bond acceptors (Lipinski definition) is 10. The Morgan fingerprint density at radius 3 is 1.32 bits per heavy atom. The first kappa shape index (κ1) is 41.4. The lowest BCUT2D eigenvalue weighted by molar-refractivity contribution is -0.148. The predicted molar refractivity (Wildman–Crippen MR) is 184 cm³/mol. The van der Waals surface area contributed by atoms with E-state index in [-0.39, 0.29) is 74.0 Å². The molecular formula is C34H54N8O8. The quantitative estimate of drug-likeness (QED) is 0.110. The number of amides is 4. The maximum Gasteiger partial charge on any atom is 0.328 e. The highest BCUT2D eigenvalue weighted by Crippen LogP contribution is 2.14. The largest absolute Gasteiger partial charge is 0.464 e. The molecule has 2 atom stereocenters. The molecule has 4 N–H and O–H groups in total. The molecule has 16 heteroatoms. The lowest BCUT2D eigenvalue weighted by atomic mass is 10.0. The summed E-state index contributed by atoms with van der Waals surface area (Å²) in [6.07, 6.45) is 5.54. The van der Waals surface area contributed by atoms with Gasteiger partial charge < -0.3 is 39.9 Å². The van der Waals surface area contributed by atoms with Crippen molar-refractivity contribution >= 4 is 35.6 Å². The number of aromatic amines is 2. The van der Waals surface area contributed by atoms with E-state index in [1.54, 1.807) is 41.5 Å². The molecule has 2 heterocycles. The molecule has 2 rings (SSSR count). The lowest BCUT2D eigenvalue weighted by Gasteiger charge is -2.26. The number of rotatable bonds is 21. The maximum absolute atomic E-state index is 13.6. The standard InChI is InChI=1S/C34H54N8O8/c1-9-13-17-49-33(47)23(21(5)6)39-29(43)25-27(37-19-35-25)31(45)41(11-3)15-16-42(12-4)32(46)28-26(36-20-38-28)30(44)40-24(22(7)8)34(48)50-18-14-10-2/h19-24H,9-18H2,1-8H3,(H,35,37)(H,36,38)(H,39,43)(H,40,44)/t23-,24-/m0/s1. The summed E-state index contributed by atoms with van der Waals surface area (Å²) in [5.41, 5.74) is -0.487. The topological polar surface area (TPSA) is 209 Å². The molecule has 50 heavy (non-hydrogen) atoms. The number of esters is 2. The normalized spacial score (nSPS) is 12.3. The highest BCUT2D eigenvalue weighted by Gasteiger charge is 2.32. The second kappa shape index (κ2) is 20.7. The van der Waals surface area contributed by atoms with Gasteiger partial charge in [0.1, 0.15) is 23.5 Å². The Bertz CT molecular complexity index is 1330. The van der Waals surface area contributed by atoms with Gasteiger partial charge in [0, 0.05) is 26.2 Å². The molecule has 2 aromatic heterocycles. The average molecular weight is 703 g/mol. The fraction of sp³-hybridized carbons (Fsp3) is 0.647. The van der Waals surface area contributed by atoms with Crippen molar-refractivity contribution < 1.29 is 38.2 Å². The third-order valence-electron chi connectivity index (χ3n) is 8.01. The molecule has 0 unspecified atom stereocenters. The van der Waals surface area contributed by atoms with Crippen molar-refractivity contribution in [1.82, 2.24) is 40.4 Å². The molecule has 278 valence electrons. The third-order valence-corrected chi connectivity index (χ3v) is 8.01. The van der Waals surface area contributed by atoms with E-state index >= 15 is 0 Å². The summed E-state index contributed by atoms with van der Waals surface area (Å²) in [5, 5.41) is 5.30. The molecule has 0 saturated heterocycles. The number of nitrogens with one attached hydrogen (secondary N) is 4. The first-order chi connectivity index (χ1) is 23.8. The number of imidazole rings is 2. The van der Waals surface area contributed by atoms with Crippen molar-refractivity contribution in [3.8, 4) is 0 Å². The first-order valence-electron chi connectivity index (χ1n) is 17.4. The number of hydrogen-bond donors (Lipinski definition) is 4. The lowest BCUT2D eigenvalue weighted by Crippen LogP contribution is -2.46. The predicted octanol–water partition coefficient (Wildman–Crippen LogP) is 2.95. The van der Waals surface area contributed by atoms with Crippen LogP contribution in [0.25, 0.3) is 0 Å². The van der Waals surface area contributed by atoms with Crippen molar-refractivity contribution in [2.45, 2.75) is 93.2 Å². The number of unbranched alkanes of at least 4 members (excludes halogenated alkanes) is 2. The Labute approximate surface area is 293 Å². The fourth-order valence-electron chi connectivity index (χ4n) is 4.85. The summed E-state index contributed by atoms with van der Waals surface area (Å²) in [5.74, 6) is -4.15. The summed E-state index contributed by atoms with van der Waals surface area (Å²) >= 11 is 0. The van der Waals surface area contributed by atoms with E-state index < -0.39 is 47.7 Å². The number of carbonyl (C=O) groups is 6. The average Bonchev–Trinajstić information content (AvgIpc) is 3.78. The molecular weight excluding hydrogens is 648 g/mol. The molecule has 0 radical (unpaired) electrons. The SMILES string of the molecule is CCCCOC(=O)[C@@H](NC(=O)c1nc[nH]c1C(=O)N(CC)CCN(CC)C(=O)c1[nH]cnc1C(=O)N[C@H](C(=O)OCCCC)C(C)C)C(C)C. The third kappa shape index (κ3) is 11.4. The molecule has 0 aliphatic carbocycles. The van der Waals surface area contributed by atoms with Crippen LogP contribution in [0.3, 0.4) is 0 Å². The van der Waals surface area contributed by atoms with E-state index in [0.717, 1.165) is 12.8 Å². The minimum atomic E-state index is -0.934. The highest BCUT2D eigenvalue weighted by molar-refractivity contribution is 6.06. The molecule has 0 bridgehead atoms. The van der Waals surface area contributed by atoms with Gasteiger partial charge in [0.15, 0.2) is 11.4 Å². The molecule has 0 spiro atoms. The highest BCUT2D eigenvalue weighted by atomic mass is 16.5. The van der Waals surface area contributed by atoms with E-state index in [1.165, 1.54) is 22.5 Å². The molecule has 2 aromatic rings. The van der Waals surface area contributed by atoms with E-state index in [0.29, 0.717) is 12.8 Å². The minimum absolute atomic E-state index is 0.0685. The monoisotopic (exact) mass is 702 g/mol. The molecule has 0 saturated carbocycles. The zero-order chi connectivity index (χ0) is 37.4. The van der Waals surface area contributed by atoms with Crippen LogP contribution in [0.15, 0.2) is 12.7 Å². The second-order valence-corrected chi connectivity index (χ2v) is 12.5. The summed E-state index contributed by atoms with van der Waals surface area (Å²) in [4.78, 5) is 95.4. The second-order valence-electron chi connectivity index (χ2n) is 12.5. The van der Waals surface area contributed by atoms with Gasteiger partial charge in [-0.25, -0.2) is 19.6 Å². The first-order valence-corrected chi connectivity index (χ1v) is 17.4. The fourth-order valence-corrected chi connectivity index (χ4v) is 4.85. The van der Waals surface area contributed by atoms with Crippen LogP contribution < -0.4 is 10.6 Å². The minimum Gasteiger partial charge on any atom is -0.464 e. The van der Waals surface area contributed by atoms with Gasteiger partial charge in [0.25, 0.3) is 23.6 Å². The van der Waals surface area contributed by atoms with Crippen LogP contribution in [-0.4, -0.2) is 117 Å². The van der Waals surface area contributed by atoms with Gasteiger partial charge in [0.05, 0.1) is 25.9 Å². The molecule has 0 fully saturated rings. The molecule has 0 aliphatic rings. The maximum atomic E-state index is 13.6. The Balaban J connectivity index is 2.14. The van der Waals surface area contributed by atoms with Crippen LogP contribution in [0.5, 0.6) is 0 Å². The smallest absolute Gasteiger partial charge is 0.328 e. The Kier molecular flexibility index (Phi) is 17.1.